The minimum Gasteiger partial charge on any atom is -0.345 e. The minimum absolute atomic E-state index is 0.207. The lowest BCUT2D eigenvalue weighted by Gasteiger charge is -2.24. The third-order valence-electron chi connectivity index (χ3n) is 3.70. The second kappa shape index (κ2) is 7.37. The predicted octanol–water partition coefficient (Wildman–Crippen LogP) is 2.36. The van der Waals surface area contributed by atoms with Crippen molar-refractivity contribution in [2.75, 3.05) is 0 Å². The zero-order valence-corrected chi connectivity index (χ0v) is 13.9. The Bertz CT molecular complexity index is 637. The molecule has 0 bridgehead atoms. The number of benzene rings is 1. The van der Waals surface area contributed by atoms with Crippen molar-refractivity contribution in [1.82, 2.24) is 15.5 Å². The molecule has 0 saturated heterocycles. The summed E-state index contributed by atoms with van der Waals surface area (Å²) >= 11 is 0. The Morgan fingerprint density at radius 2 is 2.09 bits per heavy atom. The maximum absolute atomic E-state index is 12.2. The Morgan fingerprint density at radius 1 is 1.39 bits per heavy atom. The molecular weight excluding hydrogens is 292 g/mol. The van der Waals surface area contributed by atoms with E-state index in [0.29, 0.717) is 24.6 Å². The summed E-state index contributed by atoms with van der Waals surface area (Å²) < 4.78 is 5.26. The third-order valence-corrected chi connectivity index (χ3v) is 3.70. The van der Waals surface area contributed by atoms with Gasteiger partial charge < -0.3 is 15.6 Å². The fourth-order valence-electron chi connectivity index (χ4n) is 2.35. The van der Waals surface area contributed by atoms with E-state index in [-0.39, 0.29) is 11.9 Å². The molecule has 1 amide bonds. The van der Waals surface area contributed by atoms with Crippen LogP contribution < -0.4 is 11.1 Å². The Balaban J connectivity index is 1.98. The molecule has 0 radical (unpaired) electrons. The van der Waals surface area contributed by atoms with Crippen LogP contribution in [-0.2, 0) is 11.2 Å². The van der Waals surface area contributed by atoms with Gasteiger partial charge in [-0.25, -0.2) is 0 Å². The highest BCUT2D eigenvalue weighted by Crippen LogP contribution is 2.14. The lowest BCUT2D eigenvalue weighted by Crippen LogP contribution is -2.52. The maximum atomic E-state index is 12.2. The fourth-order valence-corrected chi connectivity index (χ4v) is 2.35. The van der Waals surface area contributed by atoms with Crippen LogP contribution in [-0.4, -0.2) is 21.6 Å². The van der Waals surface area contributed by atoms with Crippen molar-refractivity contribution in [3.8, 4) is 0 Å². The molecule has 0 saturated carbocycles. The van der Waals surface area contributed by atoms with E-state index >= 15 is 0 Å². The van der Waals surface area contributed by atoms with Gasteiger partial charge in [0.1, 0.15) is 0 Å². The van der Waals surface area contributed by atoms with E-state index in [1.54, 1.807) is 6.92 Å². The second-order valence-electron chi connectivity index (χ2n) is 6.07. The summed E-state index contributed by atoms with van der Waals surface area (Å²) in [6, 6.07) is 9.53. The molecule has 2 atom stereocenters. The summed E-state index contributed by atoms with van der Waals surface area (Å²) in [7, 11) is 0. The summed E-state index contributed by atoms with van der Waals surface area (Å²) in [6.07, 6.45) is 2.04. The first-order chi connectivity index (χ1) is 10.9. The molecule has 1 aromatic carbocycles. The average molecular weight is 316 g/mol. The molecule has 1 aromatic heterocycles. The van der Waals surface area contributed by atoms with E-state index < -0.39 is 5.54 Å². The second-order valence-corrected chi connectivity index (χ2v) is 6.07. The van der Waals surface area contributed by atoms with Gasteiger partial charge in [0.05, 0.1) is 18.0 Å². The highest BCUT2D eigenvalue weighted by atomic mass is 16.5. The van der Waals surface area contributed by atoms with Crippen molar-refractivity contribution in [3.63, 3.8) is 0 Å². The number of carbonyl (C=O) groups excluding carboxylic acids is 1. The van der Waals surface area contributed by atoms with E-state index in [0.717, 1.165) is 12.0 Å². The molecule has 3 N–H and O–H groups in total. The highest BCUT2D eigenvalue weighted by molar-refractivity contribution is 5.85. The van der Waals surface area contributed by atoms with Crippen molar-refractivity contribution in [2.45, 2.75) is 51.6 Å². The van der Waals surface area contributed by atoms with Crippen molar-refractivity contribution < 1.29 is 9.32 Å². The molecule has 0 aliphatic carbocycles. The quantitative estimate of drug-likeness (QED) is 0.817. The summed E-state index contributed by atoms with van der Waals surface area (Å²) in [5.74, 6) is 0.772. The molecule has 0 aliphatic heterocycles. The smallest absolute Gasteiger partial charge is 0.240 e. The van der Waals surface area contributed by atoms with Gasteiger partial charge in [0.25, 0.3) is 0 Å². The standard InChI is InChI=1S/C17H24N4O2/c1-4-10-17(3,18)16(22)19-12(2)15-20-14(23-21-15)11-13-8-6-5-7-9-13/h5-9,12H,4,10-11,18H2,1-3H3,(H,19,22). The number of carbonyl (C=O) groups is 1. The molecule has 0 spiro atoms. The number of rotatable bonds is 7. The van der Waals surface area contributed by atoms with Gasteiger partial charge in [0, 0.05) is 0 Å². The molecule has 23 heavy (non-hydrogen) atoms. The summed E-state index contributed by atoms with van der Waals surface area (Å²) in [4.78, 5) is 16.6. The molecule has 2 aromatic rings. The van der Waals surface area contributed by atoms with Crippen LogP contribution in [0.5, 0.6) is 0 Å². The van der Waals surface area contributed by atoms with Crippen LogP contribution in [0.2, 0.25) is 0 Å². The zero-order valence-electron chi connectivity index (χ0n) is 13.9. The van der Waals surface area contributed by atoms with Crippen LogP contribution >= 0.6 is 0 Å². The van der Waals surface area contributed by atoms with E-state index in [1.807, 2.05) is 44.2 Å². The Hall–Kier alpha value is -2.21. The largest absolute Gasteiger partial charge is 0.345 e. The topological polar surface area (TPSA) is 94.0 Å². The summed E-state index contributed by atoms with van der Waals surface area (Å²) in [6.45, 7) is 5.55. The lowest BCUT2D eigenvalue weighted by molar-refractivity contribution is -0.126. The number of amides is 1. The molecule has 1 heterocycles. The molecule has 6 heteroatoms. The zero-order chi connectivity index (χ0) is 16.9. The number of nitrogens with zero attached hydrogens (tertiary/aromatic N) is 2. The summed E-state index contributed by atoms with van der Waals surface area (Å²) in [5.41, 5.74) is 6.23. The van der Waals surface area contributed by atoms with E-state index in [4.69, 9.17) is 10.3 Å². The monoisotopic (exact) mass is 316 g/mol. The Morgan fingerprint density at radius 3 is 2.74 bits per heavy atom. The molecule has 6 nitrogen and oxygen atoms in total. The molecule has 0 aliphatic rings. The van der Waals surface area contributed by atoms with Gasteiger partial charge in [-0.1, -0.05) is 48.8 Å². The van der Waals surface area contributed by atoms with Gasteiger partial charge in [-0.15, -0.1) is 0 Å². The number of hydrogen-bond donors (Lipinski definition) is 2. The van der Waals surface area contributed by atoms with Gasteiger partial charge in [-0.05, 0) is 25.8 Å². The molecule has 2 unspecified atom stereocenters. The number of aromatic nitrogens is 2. The van der Waals surface area contributed by atoms with E-state index in [9.17, 15) is 4.79 Å². The van der Waals surface area contributed by atoms with Gasteiger partial charge in [-0.3, -0.25) is 4.79 Å². The van der Waals surface area contributed by atoms with Crippen LogP contribution in [0.15, 0.2) is 34.9 Å². The van der Waals surface area contributed by atoms with E-state index in [1.165, 1.54) is 0 Å². The molecule has 124 valence electrons. The SMILES string of the molecule is CCCC(C)(N)C(=O)NC(C)c1noc(Cc2ccccc2)n1. The lowest BCUT2D eigenvalue weighted by atomic mass is 9.96. The minimum atomic E-state index is -0.889. The highest BCUT2D eigenvalue weighted by Gasteiger charge is 2.29. The van der Waals surface area contributed by atoms with Crippen LogP contribution in [0.4, 0.5) is 0 Å². The average Bonchev–Trinajstić information content (AvgIpc) is 2.96. The summed E-state index contributed by atoms with van der Waals surface area (Å²) in [5, 5.41) is 6.80. The van der Waals surface area contributed by atoms with Crippen molar-refractivity contribution >= 4 is 5.91 Å². The number of nitrogens with one attached hydrogen (secondary N) is 1. The van der Waals surface area contributed by atoms with E-state index in [2.05, 4.69) is 15.5 Å². The number of nitrogens with two attached hydrogens (primary N) is 1. The van der Waals surface area contributed by atoms with Gasteiger partial charge in [0.15, 0.2) is 5.82 Å². The van der Waals surface area contributed by atoms with Crippen molar-refractivity contribution in [2.24, 2.45) is 5.73 Å². The molecule has 2 rings (SSSR count). The normalized spacial score (nSPS) is 15.0. The number of hydrogen-bond acceptors (Lipinski definition) is 5. The van der Waals surface area contributed by atoms with Crippen LogP contribution in [0.1, 0.15) is 56.9 Å². The van der Waals surface area contributed by atoms with Crippen LogP contribution in [0.3, 0.4) is 0 Å². The first-order valence-corrected chi connectivity index (χ1v) is 7.88. The third kappa shape index (κ3) is 4.63. The predicted molar refractivity (Wildman–Crippen MR) is 87.6 cm³/mol. The van der Waals surface area contributed by atoms with Crippen LogP contribution in [0.25, 0.3) is 0 Å². The van der Waals surface area contributed by atoms with Crippen molar-refractivity contribution in [1.29, 1.82) is 0 Å². The first kappa shape index (κ1) is 17.1. The van der Waals surface area contributed by atoms with Gasteiger partial charge in [-0.2, -0.15) is 4.98 Å². The fraction of sp³-hybridized carbons (Fsp3) is 0.471. The molecular formula is C17H24N4O2. The van der Waals surface area contributed by atoms with Gasteiger partial charge in [0.2, 0.25) is 11.8 Å². The van der Waals surface area contributed by atoms with Gasteiger partial charge >= 0.3 is 0 Å². The van der Waals surface area contributed by atoms with Crippen molar-refractivity contribution in [3.05, 3.63) is 47.6 Å². The van der Waals surface area contributed by atoms with Crippen LogP contribution in [0, 0.1) is 0 Å². The maximum Gasteiger partial charge on any atom is 0.240 e. The Kier molecular flexibility index (Phi) is 5.50. The first-order valence-electron chi connectivity index (χ1n) is 7.88. The molecule has 0 fully saturated rings. The Labute approximate surface area is 136 Å².